The third kappa shape index (κ3) is 3.70. The van der Waals surface area contributed by atoms with E-state index in [2.05, 4.69) is 0 Å². The van der Waals surface area contributed by atoms with Gasteiger partial charge in [0.25, 0.3) is 0 Å². The molecule has 2 rings (SSSR count). The van der Waals surface area contributed by atoms with E-state index in [1.54, 1.807) is 23.1 Å². The lowest BCUT2D eigenvalue weighted by Crippen LogP contribution is -2.28. The zero-order valence-electron chi connectivity index (χ0n) is 10.8. The van der Waals surface area contributed by atoms with Crippen molar-refractivity contribution in [3.63, 3.8) is 0 Å². The van der Waals surface area contributed by atoms with Gasteiger partial charge in [-0.3, -0.25) is 9.59 Å². The number of carbonyl (C=O) groups is 2. The van der Waals surface area contributed by atoms with E-state index < -0.39 is 0 Å². The molecule has 1 aromatic carbocycles. The molecule has 102 valence electrons. The number of amides is 1. The molecule has 0 saturated carbocycles. The Morgan fingerprint density at radius 1 is 1.47 bits per heavy atom. The van der Waals surface area contributed by atoms with Crippen LogP contribution in [0.1, 0.15) is 24.8 Å². The van der Waals surface area contributed by atoms with Crippen molar-refractivity contribution < 1.29 is 14.3 Å². The summed E-state index contributed by atoms with van der Waals surface area (Å²) < 4.78 is 5.26. The van der Waals surface area contributed by atoms with Crippen LogP contribution in [0.4, 0.5) is 0 Å². The molecule has 0 N–H and O–H groups in total. The van der Waals surface area contributed by atoms with E-state index in [1.165, 1.54) is 0 Å². The molecule has 19 heavy (non-hydrogen) atoms. The van der Waals surface area contributed by atoms with E-state index in [1.807, 2.05) is 6.92 Å². The number of aryl methyl sites for hydroxylation is 1. The van der Waals surface area contributed by atoms with Gasteiger partial charge in [-0.1, -0.05) is 17.7 Å². The van der Waals surface area contributed by atoms with Gasteiger partial charge in [-0.05, 0) is 31.0 Å². The molecule has 1 saturated heterocycles. The summed E-state index contributed by atoms with van der Waals surface area (Å²) >= 11 is 5.86. The SMILES string of the molecule is Cc1ccc(Cl)cc1OC(=O)CCN1CCCC1=O. The highest BCUT2D eigenvalue weighted by atomic mass is 35.5. The topological polar surface area (TPSA) is 46.6 Å². The molecule has 1 aliphatic rings. The molecule has 1 aromatic rings. The predicted octanol–water partition coefficient (Wildman–Crippen LogP) is 2.57. The molecular formula is C14H16ClNO3. The highest BCUT2D eigenvalue weighted by Crippen LogP contribution is 2.23. The van der Waals surface area contributed by atoms with Crippen LogP contribution in [-0.2, 0) is 9.59 Å². The quantitative estimate of drug-likeness (QED) is 0.629. The lowest BCUT2D eigenvalue weighted by atomic mass is 10.2. The largest absolute Gasteiger partial charge is 0.426 e. The number of rotatable bonds is 4. The van der Waals surface area contributed by atoms with Crippen LogP contribution in [-0.4, -0.2) is 29.9 Å². The van der Waals surface area contributed by atoms with Crippen LogP contribution in [0.25, 0.3) is 0 Å². The Hall–Kier alpha value is -1.55. The second-order valence-corrected chi connectivity index (χ2v) is 5.05. The average molecular weight is 282 g/mol. The summed E-state index contributed by atoms with van der Waals surface area (Å²) in [6, 6.07) is 5.17. The number of hydrogen-bond donors (Lipinski definition) is 0. The number of likely N-dealkylation sites (tertiary alicyclic amines) is 1. The maximum Gasteiger partial charge on any atom is 0.312 e. The van der Waals surface area contributed by atoms with Crippen molar-refractivity contribution in [3.05, 3.63) is 28.8 Å². The second-order valence-electron chi connectivity index (χ2n) is 4.62. The molecule has 5 heteroatoms. The second kappa shape index (κ2) is 6.06. The molecule has 1 fully saturated rings. The fraction of sp³-hybridized carbons (Fsp3) is 0.429. The summed E-state index contributed by atoms with van der Waals surface area (Å²) in [4.78, 5) is 24.8. The van der Waals surface area contributed by atoms with Crippen molar-refractivity contribution in [2.45, 2.75) is 26.2 Å². The lowest BCUT2D eigenvalue weighted by Gasteiger charge is -2.14. The fourth-order valence-corrected chi connectivity index (χ4v) is 2.19. The van der Waals surface area contributed by atoms with Crippen LogP contribution in [0.5, 0.6) is 5.75 Å². The maximum atomic E-state index is 11.7. The normalized spacial score (nSPS) is 14.8. The summed E-state index contributed by atoms with van der Waals surface area (Å²) in [7, 11) is 0. The molecule has 0 unspecified atom stereocenters. The first-order valence-electron chi connectivity index (χ1n) is 6.31. The van der Waals surface area contributed by atoms with Crippen molar-refractivity contribution in [1.82, 2.24) is 4.90 Å². The van der Waals surface area contributed by atoms with E-state index >= 15 is 0 Å². The Bertz CT molecular complexity index is 501. The van der Waals surface area contributed by atoms with Crippen molar-refractivity contribution in [2.24, 2.45) is 0 Å². The van der Waals surface area contributed by atoms with Gasteiger partial charge in [0, 0.05) is 24.5 Å². The Labute approximate surface area is 117 Å². The summed E-state index contributed by atoms with van der Waals surface area (Å²) in [5.74, 6) is 0.252. The van der Waals surface area contributed by atoms with E-state index in [-0.39, 0.29) is 18.3 Å². The van der Waals surface area contributed by atoms with Crippen LogP contribution < -0.4 is 4.74 Å². The lowest BCUT2D eigenvalue weighted by molar-refractivity contribution is -0.135. The first kappa shape index (κ1) is 13.9. The predicted molar refractivity (Wildman–Crippen MR) is 72.3 cm³/mol. The number of nitrogens with zero attached hydrogens (tertiary/aromatic N) is 1. The molecule has 1 aliphatic heterocycles. The number of ether oxygens (including phenoxy) is 1. The van der Waals surface area contributed by atoms with E-state index in [4.69, 9.17) is 16.3 Å². The van der Waals surface area contributed by atoms with Crippen molar-refractivity contribution in [1.29, 1.82) is 0 Å². The van der Waals surface area contributed by atoms with Crippen LogP contribution in [0, 0.1) is 6.92 Å². The molecule has 1 heterocycles. The molecule has 0 atom stereocenters. The van der Waals surface area contributed by atoms with Crippen LogP contribution in [0.15, 0.2) is 18.2 Å². The molecule has 0 aromatic heterocycles. The van der Waals surface area contributed by atoms with Gasteiger partial charge in [0.2, 0.25) is 5.91 Å². The van der Waals surface area contributed by atoms with Gasteiger partial charge in [-0.25, -0.2) is 0 Å². The third-order valence-corrected chi connectivity index (χ3v) is 3.37. The van der Waals surface area contributed by atoms with Gasteiger partial charge < -0.3 is 9.64 Å². The van der Waals surface area contributed by atoms with Crippen LogP contribution in [0.3, 0.4) is 0 Å². The summed E-state index contributed by atoms with van der Waals surface area (Å²) in [6.07, 6.45) is 1.67. The Morgan fingerprint density at radius 3 is 2.95 bits per heavy atom. The molecule has 1 amide bonds. The van der Waals surface area contributed by atoms with Crippen LogP contribution >= 0.6 is 11.6 Å². The minimum atomic E-state index is -0.343. The van der Waals surface area contributed by atoms with Crippen molar-refractivity contribution >= 4 is 23.5 Å². The van der Waals surface area contributed by atoms with E-state index in [0.29, 0.717) is 23.7 Å². The first-order chi connectivity index (χ1) is 9.06. The summed E-state index contributed by atoms with van der Waals surface area (Å²) in [5.41, 5.74) is 0.856. The highest BCUT2D eigenvalue weighted by molar-refractivity contribution is 6.30. The molecular weight excluding hydrogens is 266 g/mol. The zero-order chi connectivity index (χ0) is 13.8. The summed E-state index contributed by atoms with van der Waals surface area (Å²) in [5, 5.41) is 0.531. The smallest absolute Gasteiger partial charge is 0.312 e. The molecule has 0 radical (unpaired) electrons. The first-order valence-corrected chi connectivity index (χ1v) is 6.68. The van der Waals surface area contributed by atoms with Crippen molar-refractivity contribution in [2.75, 3.05) is 13.1 Å². The molecule has 0 aliphatic carbocycles. The van der Waals surface area contributed by atoms with Gasteiger partial charge in [-0.15, -0.1) is 0 Å². The Kier molecular flexibility index (Phi) is 4.43. The van der Waals surface area contributed by atoms with Gasteiger partial charge in [-0.2, -0.15) is 0 Å². The fourth-order valence-electron chi connectivity index (χ4n) is 2.02. The standard InChI is InChI=1S/C14H16ClNO3/c1-10-4-5-11(15)9-12(10)19-14(18)6-8-16-7-2-3-13(16)17/h4-5,9H,2-3,6-8H2,1H3. The van der Waals surface area contributed by atoms with Gasteiger partial charge >= 0.3 is 5.97 Å². The number of halogens is 1. The maximum absolute atomic E-state index is 11.7. The monoisotopic (exact) mass is 281 g/mol. The Balaban J connectivity index is 1.87. The molecule has 0 bridgehead atoms. The summed E-state index contributed by atoms with van der Waals surface area (Å²) in [6.45, 7) is 3.02. The minimum absolute atomic E-state index is 0.117. The Morgan fingerprint density at radius 2 is 2.26 bits per heavy atom. The molecule has 4 nitrogen and oxygen atoms in total. The van der Waals surface area contributed by atoms with Gasteiger partial charge in [0.05, 0.1) is 6.42 Å². The zero-order valence-corrected chi connectivity index (χ0v) is 11.6. The molecule has 0 spiro atoms. The minimum Gasteiger partial charge on any atom is -0.426 e. The number of benzene rings is 1. The van der Waals surface area contributed by atoms with Crippen LogP contribution in [0.2, 0.25) is 5.02 Å². The van der Waals surface area contributed by atoms with E-state index in [0.717, 1.165) is 18.5 Å². The highest BCUT2D eigenvalue weighted by Gasteiger charge is 2.21. The van der Waals surface area contributed by atoms with Crippen molar-refractivity contribution in [3.8, 4) is 5.75 Å². The average Bonchev–Trinajstić information content (AvgIpc) is 2.77. The van der Waals surface area contributed by atoms with Gasteiger partial charge in [0.1, 0.15) is 5.75 Å². The third-order valence-electron chi connectivity index (χ3n) is 3.13. The van der Waals surface area contributed by atoms with E-state index in [9.17, 15) is 9.59 Å². The van der Waals surface area contributed by atoms with Gasteiger partial charge in [0.15, 0.2) is 0 Å². The number of hydrogen-bond acceptors (Lipinski definition) is 3. The number of carbonyl (C=O) groups excluding carboxylic acids is 2. The number of esters is 1.